The van der Waals surface area contributed by atoms with Crippen molar-refractivity contribution in [1.29, 1.82) is 0 Å². The highest BCUT2D eigenvalue weighted by Crippen LogP contribution is 2.29. The highest BCUT2D eigenvalue weighted by Gasteiger charge is 2.35. The Kier molecular flexibility index (Phi) is 3.38. The summed E-state index contributed by atoms with van der Waals surface area (Å²) >= 11 is 0. The molecule has 0 aromatic heterocycles. The maximum atomic E-state index is 10.9. The second-order valence-corrected chi connectivity index (χ2v) is 3.67. The number of ether oxygens (including phenoxy) is 2. The first-order valence-electron chi connectivity index (χ1n) is 4.81. The van der Waals surface area contributed by atoms with Gasteiger partial charge in [-0.2, -0.15) is 0 Å². The molecule has 4 nitrogen and oxygen atoms in total. The van der Waals surface area contributed by atoms with Gasteiger partial charge >= 0.3 is 5.97 Å². The Labute approximate surface area is 83.5 Å². The minimum atomic E-state index is -0.793. The van der Waals surface area contributed by atoms with Crippen LogP contribution in [0.2, 0.25) is 0 Å². The lowest BCUT2D eigenvalue weighted by atomic mass is 9.95. The van der Waals surface area contributed by atoms with Gasteiger partial charge in [0.25, 0.3) is 0 Å². The predicted octanol–water partition coefficient (Wildman–Crippen LogP) is 2.11. The quantitative estimate of drug-likeness (QED) is 0.738. The topological polar surface area (TPSA) is 55.8 Å². The molecule has 0 fully saturated rings. The standard InChI is InChI=1S/C10H16O4/c1-3-4-8(9(11)12)7-10(2)13-5-6-14-10/h5-6,8H,3-4,7H2,1-2H3,(H,11,12). The molecular formula is C10H16O4. The molecule has 0 bridgehead atoms. The van der Waals surface area contributed by atoms with E-state index in [0.717, 1.165) is 6.42 Å². The summed E-state index contributed by atoms with van der Waals surface area (Å²) in [6, 6.07) is 0. The van der Waals surface area contributed by atoms with E-state index in [1.807, 2.05) is 6.92 Å². The zero-order chi connectivity index (χ0) is 10.6. The molecular weight excluding hydrogens is 184 g/mol. The van der Waals surface area contributed by atoms with Crippen molar-refractivity contribution in [1.82, 2.24) is 0 Å². The third kappa shape index (κ3) is 2.65. The number of hydrogen-bond donors (Lipinski definition) is 1. The first-order chi connectivity index (χ1) is 6.57. The molecule has 1 atom stereocenters. The molecule has 0 aromatic carbocycles. The van der Waals surface area contributed by atoms with Crippen LogP contribution in [0.5, 0.6) is 0 Å². The Morgan fingerprint density at radius 2 is 2.07 bits per heavy atom. The van der Waals surface area contributed by atoms with Crippen LogP contribution < -0.4 is 0 Å². The maximum Gasteiger partial charge on any atom is 0.306 e. The van der Waals surface area contributed by atoms with Gasteiger partial charge in [0.1, 0.15) is 12.5 Å². The van der Waals surface area contributed by atoms with Crippen molar-refractivity contribution in [3.8, 4) is 0 Å². The normalized spacial score (nSPS) is 19.9. The zero-order valence-corrected chi connectivity index (χ0v) is 8.53. The summed E-state index contributed by atoms with van der Waals surface area (Å²) in [5, 5.41) is 8.95. The highest BCUT2D eigenvalue weighted by atomic mass is 16.7. The molecule has 1 heterocycles. The molecule has 0 aromatic rings. The van der Waals surface area contributed by atoms with Crippen LogP contribution in [0.4, 0.5) is 0 Å². The number of carboxylic acids is 1. The summed E-state index contributed by atoms with van der Waals surface area (Å²) in [6.45, 7) is 3.71. The van der Waals surface area contributed by atoms with E-state index in [4.69, 9.17) is 14.6 Å². The fourth-order valence-corrected chi connectivity index (χ4v) is 1.58. The number of carboxylic acid groups (broad SMARTS) is 1. The lowest BCUT2D eigenvalue weighted by Crippen LogP contribution is -2.31. The fourth-order valence-electron chi connectivity index (χ4n) is 1.58. The monoisotopic (exact) mass is 200 g/mol. The van der Waals surface area contributed by atoms with E-state index in [9.17, 15) is 4.79 Å². The molecule has 1 unspecified atom stereocenters. The molecule has 0 radical (unpaired) electrons. The molecule has 14 heavy (non-hydrogen) atoms. The predicted molar refractivity (Wildman–Crippen MR) is 50.4 cm³/mol. The largest absolute Gasteiger partial charge is 0.481 e. The van der Waals surface area contributed by atoms with Crippen molar-refractivity contribution in [2.24, 2.45) is 5.92 Å². The van der Waals surface area contributed by atoms with Gasteiger partial charge in [0, 0.05) is 13.3 Å². The van der Waals surface area contributed by atoms with Crippen LogP contribution in [0.1, 0.15) is 33.1 Å². The average Bonchev–Trinajstić information content (AvgIpc) is 2.51. The lowest BCUT2D eigenvalue weighted by molar-refractivity contribution is -0.160. The third-order valence-corrected chi connectivity index (χ3v) is 2.29. The van der Waals surface area contributed by atoms with Gasteiger partial charge in [-0.15, -0.1) is 0 Å². The summed E-state index contributed by atoms with van der Waals surface area (Å²) in [5.41, 5.74) is 0. The molecule has 1 aliphatic heterocycles. The van der Waals surface area contributed by atoms with E-state index in [-0.39, 0.29) is 0 Å². The zero-order valence-electron chi connectivity index (χ0n) is 8.53. The molecule has 0 saturated carbocycles. The van der Waals surface area contributed by atoms with Crippen molar-refractivity contribution in [2.75, 3.05) is 0 Å². The summed E-state index contributed by atoms with van der Waals surface area (Å²) in [7, 11) is 0. The fraction of sp³-hybridized carbons (Fsp3) is 0.700. The summed E-state index contributed by atoms with van der Waals surface area (Å²) in [6.07, 6.45) is 4.77. The molecule has 0 saturated heterocycles. The third-order valence-electron chi connectivity index (χ3n) is 2.29. The SMILES string of the molecule is CCCC(CC1(C)OC=CO1)C(=O)O. The van der Waals surface area contributed by atoms with Crippen LogP contribution in [-0.4, -0.2) is 16.9 Å². The smallest absolute Gasteiger partial charge is 0.306 e. The minimum Gasteiger partial charge on any atom is -0.481 e. The van der Waals surface area contributed by atoms with Crippen LogP contribution in [-0.2, 0) is 14.3 Å². The highest BCUT2D eigenvalue weighted by molar-refractivity contribution is 5.70. The van der Waals surface area contributed by atoms with Crippen LogP contribution in [0.15, 0.2) is 12.5 Å². The Morgan fingerprint density at radius 3 is 2.50 bits per heavy atom. The molecule has 1 N–H and O–H groups in total. The van der Waals surface area contributed by atoms with Gasteiger partial charge in [0.05, 0.1) is 5.92 Å². The lowest BCUT2D eigenvalue weighted by Gasteiger charge is -2.25. The Morgan fingerprint density at radius 1 is 1.50 bits per heavy atom. The molecule has 4 heteroatoms. The molecule has 0 amide bonds. The first-order valence-corrected chi connectivity index (χ1v) is 4.81. The van der Waals surface area contributed by atoms with Gasteiger partial charge in [0.2, 0.25) is 5.79 Å². The second kappa shape index (κ2) is 4.35. The Bertz CT molecular complexity index is 226. The molecule has 1 aliphatic rings. The van der Waals surface area contributed by atoms with Crippen molar-refractivity contribution in [3.63, 3.8) is 0 Å². The molecule has 1 rings (SSSR count). The van der Waals surface area contributed by atoms with Gasteiger partial charge in [-0.05, 0) is 6.42 Å². The molecule has 0 aliphatic carbocycles. The first kappa shape index (κ1) is 10.9. The van der Waals surface area contributed by atoms with E-state index in [2.05, 4.69) is 0 Å². The van der Waals surface area contributed by atoms with Crippen LogP contribution in [0.3, 0.4) is 0 Å². The number of hydrogen-bond acceptors (Lipinski definition) is 3. The van der Waals surface area contributed by atoms with E-state index < -0.39 is 17.7 Å². The van der Waals surface area contributed by atoms with E-state index in [1.54, 1.807) is 6.92 Å². The molecule has 0 spiro atoms. The molecule has 80 valence electrons. The van der Waals surface area contributed by atoms with Crippen LogP contribution >= 0.6 is 0 Å². The van der Waals surface area contributed by atoms with Crippen LogP contribution in [0.25, 0.3) is 0 Å². The van der Waals surface area contributed by atoms with E-state index in [1.165, 1.54) is 12.5 Å². The minimum absolute atomic E-state index is 0.378. The van der Waals surface area contributed by atoms with Crippen molar-refractivity contribution in [2.45, 2.75) is 38.9 Å². The van der Waals surface area contributed by atoms with Gasteiger partial charge < -0.3 is 14.6 Å². The van der Waals surface area contributed by atoms with E-state index in [0.29, 0.717) is 12.8 Å². The van der Waals surface area contributed by atoms with Gasteiger partial charge in [-0.1, -0.05) is 13.3 Å². The Hall–Kier alpha value is -1.19. The summed E-state index contributed by atoms with van der Waals surface area (Å²) < 4.78 is 10.4. The number of aliphatic carboxylic acids is 1. The van der Waals surface area contributed by atoms with Gasteiger partial charge in [-0.3, -0.25) is 4.79 Å². The maximum absolute atomic E-state index is 10.9. The van der Waals surface area contributed by atoms with Crippen molar-refractivity contribution in [3.05, 3.63) is 12.5 Å². The average molecular weight is 200 g/mol. The Balaban J connectivity index is 2.50. The van der Waals surface area contributed by atoms with Gasteiger partial charge in [0.15, 0.2) is 0 Å². The van der Waals surface area contributed by atoms with E-state index >= 15 is 0 Å². The van der Waals surface area contributed by atoms with Gasteiger partial charge in [-0.25, -0.2) is 0 Å². The number of rotatable bonds is 5. The van der Waals surface area contributed by atoms with Crippen LogP contribution in [0, 0.1) is 5.92 Å². The van der Waals surface area contributed by atoms with Crippen molar-refractivity contribution >= 4 is 5.97 Å². The summed E-state index contributed by atoms with van der Waals surface area (Å²) in [4.78, 5) is 10.9. The van der Waals surface area contributed by atoms with Crippen molar-refractivity contribution < 1.29 is 19.4 Å². The summed E-state index contributed by atoms with van der Waals surface area (Å²) in [5.74, 6) is -1.98. The number of carbonyl (C=O) groups is 1. The second-order valence-electron chi connectivity index (χ2n) is 3.67.